The smallest absolute Gasteiger partial charge is 0.254 e. The monoisotopic (exact) mass is 327 g/mol. The summed E-state index contributed by atoms with van der Waals surface area (Å²) in [5, 5.41) is 0. The van der Waals surface area contributed by atoms with Crippen LogP contribution in [0.25, 0.3) is 0 Å². The van der Waals surface area contributed by atoms with Gasteiger partial charge in [0.25, 0.3) is 5.91 Å². The van der Waals surface area contributed by atoms with Crippen molar-refractivity contribution in [2.24, 2.45) is 0 Å². The lowest BCUT2D eigenvalue weighted by Crippen LogP contribution is -2.40. The Morgan fingerprint density at radius 2 is 2.08 bits per heavy atom. The van der Waals surface area contributed by atoms with Crippen LogP contribution in [-0.2, 0) is 0 Å². The van der Waals surface area contributed by atoms with Crippen LogP contribution in [0, 0.1) is 6.92 Å². The van der Waals surface area contributed by atoms with Crippen LogP contribution < -0.4 is 9.47 Å². The molecule has 2 aliphatic heterocycles. The van der Waals surface area contributed by atoms with E-state index in [1.54, 1.807) is 6.07 Å². The molecule has 0 saturated carbocycles. The summed E-state index contributed by atoms with van der Waals surface area (Å²) in [6.07, 6.45) is 5.88. The van der Waals surface area contributed by atoms with E-state index in [2.05, 4.69) is 9.55 Å². The first-order valence-electron chi connectivity index (χ1n) is 8.41. The Morgan fingerprint density at radius 3 is 2.88 bits per heavy atom. The number of carbonyl (C=O) groups is 1. The summed E-state index contributed by atoms with van der Waals surface area (Å²) in [4.78, 5) is 19.1. The number of hydrogen-bond donors (Lipinski definition) is 0. The fourth-order valence-corrected chi connectivity index (χ4v) is 3.50. The molecule has 1 saturated heterocycles. The van der Waals surface area contributed by atoms with Gasteiger partial charge in [-0.2, -0.15) is 0 Å². The summed E-state index contributed by atoms with van der Waals surface area (Å²) < 4.78 is 13.3. The highest BCUT2D eigenvalue weighted by atomic mass is 16.6. The number of nitrogens with zero attached hydrogens (tertiary/aromatic N) is 3. The van der Waals surface area contributed by atoms with Gasteiger partial charge in [-0.25, -0.2) is 4.98 Å². The van der Waals surface area contributed by atoms with E-state index in [4.69, 9.17) is 9.47 Å². The molecule has 6 heteroatoms. The van der Waals surface area contributed by atoms with Crippen LogP contribution in [0.15, 0.2) is 30.6 Å². The molecule has 0 N–H and O–H groups in total. The number of carbonyl (C=O) groups excluding carboxylic acids is 1. The molecule has 1 amide bonds. The zero-order valence-electron chi connectivity index (χ0n) is 13.8. The molecule has 0 spiro atoms. The molecule has 3 heterocycles. The highest BCUT2D eigenvalue weighted by Crippen LogP contribution is 2.32. The summed E-state index contributed by atoms with van der Waals surface area (Å²) in [6.45, 7) is 4.58. The number of benzene rings is 1. The molecule has 4 rings (SSSR count). The van der Waals surface area contributed by atoms with Crippen LogP contribution in [0.5, 0.6) is 11.5 Å². The molecule has 0 aliphatic carbocycles. The predicted octanol–water partition coefficient (Wildman–Crippen LogP) is 2.44. The molecular formula is C18H21N3O3. The number of aryl methyl sites for hydroxylation is 1. The number of likely N-dealkylation sites (tertiary alicyclic amines) is 1. The average Bonchev–Trinajstić information content (AvgIpc) is 3.07. The Balaban J connectivity index is 1.52. The van der Waals surface area contributed by atoms with Gasteiger partial charge in [-0.15, -0.1) is 0 Å². The molecule has 0 unspecified atom stereocenters. The van der Waals surface area contributed by atoms with Gasteiger partial charge < -0.3 is 18.9 Å². The largest absolute Gasteiger partial charge is 0.486 e. The lowest BCUT2D eigenvalue weighted by molar-refractivity contribution is 0.0677. The quantitative estimate of drug-likeness (QED) is 0.850. The van der Waals surface area contributed by atoms with Crippen molar-refractivity contribution in [1.29, 1.82) is 0 Å². The van der Waals surface area contributed by atoms with E-state index in [1.165, 1.54) is 0 Å². The first-order valence-corrected chi connectivity index (χ1v) is 8.41. The maximum absolute atomic E-state index is 12.9. The van der Waals surface area contributed by atoms with Gasteiger partial charge in [-0.3, -0.25) is 4.79 Å². The van der Waals surface area contributed by atoms with Gasteiger partial charge in [-0.1, -0.05) is 0 Å². The minimum absolute atomic E-state index is 0.0504. The molecule has 2 aliphatic rings. The Morgan fingerprint density at radius 1 is 1.25 bits per heavy atom. The highest BCUT2D eigenvalue weighted by Gasteiger charge is 2.27. The molecule has 6 nitrogen and oxygen atoms in total. The molecule has 2 aromatic rings. The Hall–Kier alpha value is -2.50. The van der Waals surface area contributed by atoms with Crippen LogP contribution in [0.1, 0.15) is 35.1 Å². The van der Waals surface area contributed by atoms with Crippen molar-refractivity contribution in [1.82, 2.24) is 14.5 Å². The number of piperidine rings is 1. The summed E-state index contributed by atoms with van der Waals surface area (Å²) >= 11 is 0. The third-order valence-electron chi connectivity index (χ3n) is 4.73. The summed E-state index contributed by atoms with van der Waals surface area (Å²) in [6, 6.07) is 5.73. The lowest BCUT2D eigenvalue weighted by Gasteiger charge is -2.34. The molecule has 24 heavy (non-hydrogen) atoms. The SMILES string of the molecule is Cc1nccn1[C@H]1CCCN(C(=O)c2ccc3c(c2)OCCO3)C1. The topological polar surface area (TPSA) is 56.6 Å². The molecule has 0 radical (unpaired) electrons. The highest BCUT2D eigenvalue weighted by molar-refractivity contribution is 5.95. The Bertz CT molecular complexity index is 756. The van der Waals surface area contributed by atoms with Gasteiger partial charge in [0.1, 0.15) is 19.0 Å². The fraction of sp³-hybridized carbons (Fsp3) is 0.444. The summed E-state index contributed by atoms with van der Waals surface area (Å²) in [5.74, 6) is 2.41. The number of aromatic nitrogens is 2. The number of hydrogen-bond acceptors (Lipinski definition) is 4. The maximum atomic E-state index is 12.9. The molecular weight excluding hydrogens is 306 g/mol. The fourth-order valence-electron chi connectivity index (χ4n) is 3.50. The van der Waals surface area contributed by atoms with E-state index in [0.717, 1.165) is 25.2 Å². The van der Waals surface area contributed by atoms with Gasteiger partial charge in [-0.05, 0) is 38.0 Å². The third-order valence-corrected chi connectivity index (χ3v) is 4.73. The molecule has 1 aromatic carbocycles. The Kier molecular flexibility index (Phi) is 3.88. The van der Waals surface area contributed by atoms with Gasteiger partial charge in [0.2, 0.25) is 0 Å². The van der Waals surface area contributed by atoms with Crippen LogP contribution in [-0.4, -0.2) is 46.7 Å². The van der Waals surface area contributed by atoms with E-state index in [9.17, 15) is 4.79 Å². The molecule has 126 valence electrons. The zero-order valence-corrected chi connectivity index (χ0v) is 13.8. The summed E-state index contributed by atoms with van der Waals surface area (Å²) in [7, 11) is 0. The number of rotatable bonds is 2. The van der Waals surface area contributed by atoms with Gasteiger partial charge >= 0.3 is 0 Å². The van der Waals surface area contributed by atoms with E-state index in [-0.39, 0.29) is 5.91 Å². The molecule has 0 bridgehead atoms. The van der Waals surface area contributed by atoms with Crippen LogP contribution in [0.4, 0.5) is 0 Å². The minimum Gasteiger partial charge on any atom is -0.486 e. The van der Waals surface area contributed by atoms with Crippen LogP contribution in [0.2, 0.25) is 0 Å². The van der Waals surface area contributed by atoms with Crippen LogP contribution in [0.3, 0.4) is 0 Å². The summed E-state index contributed by atoms with van der Waals surface area (Å²) in [5.41, 5.74) is 0.655. The first-order chi connectivity index (χ1) is 11.7. The van der Waals surface area contributed by atoms with Crippen molar-refractivity contribution in [2.45, 2.75) is 25.8 Å². The number of fused-ring (bicyclic) bond motifs is 1. The van der Waals surface area contributed by atoms with E-state index in [0.29, 0.717) is 42.9 Å². The van der Waals surface area contributed by atoms with Crippen molar-refractivity contribution in [2.75, 3.05) is 26.3 Å². The average molecular weight is 327 g/mol. The number of amides is 1. The predicted molar refractivity (Wildman–Crippen MR) is 88.6 cm³/mol. The van der Waals surface area contributed by atoms with Crippen molar-refractivity contribution in [3.8, 4) is 11.5 Å². The first kappa shape index (κ1) is 15.1. The minimum atomic E-state index is 0.0504. The maximum Gasteiger partial charge on any atom is 0.254 e. The third kappa shape index (κ3) is 2.72. The molecule has 1 aromatic heterocycles. The second-order valence-electron chi connectivity index (χ2n) is 6.29. The normalized spacial score (nSPS) is 20.0. The number of ether oxygens (including phenoxy) is 2. The second kappa shape index (κ2) is 6.19. The molecule has 1 atom stereocenters. The zero-order chi connectivity index (χ0) is 16.5. The molecule has 1 fully saturated rings. The van der Waals surface area contributed by atoms with Gasteiger partial charge in [0, 0.05) is 31.0 Å². The number of imidazole rings is 1. The second-order valence-corrected chi connectivity index (χ2v) is 6.29. The van der Waals surface area contributed by atoms with E-state index < -0.39 is 0 Å². The lowest BCUT2D eigenvalue weighted by atomic mass is 10.0. The van der Waals surface area contributed by atoms with Crippen molar-refractivity contribution in [3.05, 3.63) is 42.0 Å². The Labute approximate surface area is 141 Å². The van der Waals surface area contributed by atoms with Gasteiger partial charge in [0.05, 0.1) is 6.04 Å². The van der Waals surface area contributed by atoms with Gasteiger partial charge in [0.15, 0.2) is 11.5 Å². The van der Waals surface area contributed by atoms with E-state index >= 15 is 0 Å². The standard InChI is InChI=1S/C18H21N3O3/c1-13-19-6-8-21(13)15-3-2-7-20(12-15)18(22)14-4-5-16-17(11-14)24-10-9-23-16/h4-6,8,11,15H,2-3,7,9-10,12H2,1H3/t15-/m0/s1. The van der Waals surface area contributed by atoms with Crippen molar-refractivity contribution < 1.29 is 14.3 Å². The van der Waals surface area contributed by atoms with Crippen molar-refractivity contribution >= 4 is 5.91 Å². The van der Waals surface area contributed by atoms with Crippen molar-refractivity contribution in [3.63, 3.8) is 0 Å². The van der Waals surface area contributed by atoms with Crippen LogP contribution >= 0.6 is 0 Å². The van der Waals surface area contributed by atoms with E-state index in [1.807, 2.05) is 36.4 Å².